The summed E-state index contributed by atoms with van der Waals surface area (Å²) in [5, 5.41) is 15.9. The Morgan fingerprint density at radius 3 is 2.37 bits per heavy atom. The van der Waals surface area contributed by atoms with Crippen molar-refractivity contribution in [2.75, 3.05) is 42.1 Å². The lowest BCUT2D eigenvalue weighted by atomic mass is 10.1. The number of anilines is 2. The predicted octanol–water partition coefficient (Wildman–Crippen LogP) is 4.32. The van der Waals surface area contributed by atoms with Crippen molar-refractivity contribution in [2.45, 2.75) is 12.1 Å². The lowest BCUT2D eigenvalue weighted by Gasteiger charge is -2.36. The maximum absolute atomic E-state index is 12.8. The third-order valence-electron chi connectivity index (χ3n) is 6.21. The van der Waals surface area contributed by atoms with Gasteiger partial charge >= 0.3 is 0 Å². The monoisotopic (exact) mass is 547 g/mol. The zero-order valence-electron chi connectivity index (χ0n) is 20.7. The van der Waals surface area contributed by atoms with E-state index in [4.69, 9.17) is 11.6 Å². The number of thioether (sulfide) groups is 1. The van der Waals surface area contributed by atoms with E-state index in [1.54, 1.807) is 28.9 Å². The van der Waals surface area contributed by atoms with Crippen LogP contribution in [0.3, 0.4) is 0 Å². The number of tetrazole rings is 1. The van der Waals surface area contributed by atoms with E-state index < -0.39 is 0 Å². The molecule has 4 aromatic rings. The van der Waals surface area contributed by atoms with Crippen molar-refractivity contribution in [3.05, 3.63) is 88.9 Å². The first-order valence-electron chi connectivity index (χ1n) is 12.1. The molecule has 0 atom stereocenters. The van der Waals surface area contributed by atoms with Gasteiger partial charge in [-0.15, -0.1) is 5.10 Å². The normalized spacial score (nSPS) is 13.4. The van der Waals surface area contributed by atoms with Crippen LogP contribution >= 0.6 is 23.4 Å². The lowest BCUT2D eigenvalue weighted by molar-refractivity contribution is -0.113. The van der Waals surface area contributed by atoms with Crippen molar-refractivity contribution in [1.29, 1.82) is 0 Å². The minimum atomic E-state index is -0.144. The maximum Gasteiger partial charge on any atom is 0.254 e. The third-order valence-corrected chi connectivity index (χ3v) is 7.36. The molecule has 0 bridgehead atoms. The summed E-state index contributed by atoms with van der Waals surface area (Å²) in [5.41, 5.74) is 4.36. The fourth-order valence-corrected chi connectivity index (χ4v) is 5.05. The van der Waals surface area contributed by atoms with E-state index in [1.807, 2.05) is 60.4 Å². The third kappa shape index (κ3) is 6.15. The second-order valence-electron chi connectivity index (χ2n) is 8.88. The van der Waals surface area contributed by atoms with Gasteiger partial charge in [0.15, 0.2) is 0 Å². The van der Waals surface area contributed by atoms with Crippen molar-refractivity contribution in [1.82, 2.24) is 25.1 Å². The SMILES string of the molecule is Cc1ccc(-n2nnnc2SCC(=O)Nc2ccc(N3CCN(C(=O)c4cccc(Cl)c4)CC3)cc2)cc1. The van der Waals surface area contributed by atoms with E-state index in [1.165, 1.54) is 11.8 Å². The van der Waals surface area contributed by atoms with Crippen LogP contribution in [0.25, 0.3) is 5.69 Å². The molecule has 1 fully saturated rings. The van der Waals surface area contributed by atoms with Crippen LogP contribution in [0, 0.1) is 6.92 Å². The first kappa shape index (κ1) is 25.7. The molecule has 1 aliphatic rings. The van der Waals surface area contributed by atoms with Crippen LogP contribution in [-0.4, -0.2) is 68.9 Å². The second-order valence-corrected chi connectivity index (χ2v) is 10.3. The van der Waals surface area contributed by atoms with Crippen molar-refractivity contribution >= 4 is 46.6 Å². The van der Waals surface area contributed by atoms with Crippen LogP contribution in [0.2, 0.25) is 5.02 Å². The topological polar surface area (TPSA) is 96.2 Å². The number of aromatic nitrogens is 4. The van der Waals surface area contributed by atoms with Gasteiger partial charge in [-0.25, -0.2) is 0 Å². The molecule has 3 aromatic carbocycles. The minimum Gasteiger partial charge on any atom is -0.368 e. The zero-order chi connectivity index (χ0) is 26.5. The summed E-state index contributed by atoms with van der Waals surface area (Å²) >= 11 is 7.31. The van der Waals surface area contributed by atoms with Gasteiger partial charge in [-0.1, -0.05) is 47.1 Å². The average molecular weight is 548 g/mol. The predicted molar refractivity (Wildman–Crippen MR) is 149 cm³/mol. The summed E-state index contributed by atoms with van der Waals surface area (Å²) in [6, 6.07) is 22.6. The molecular formula is C27H26ClN7O2S. The molecular weight excluding hydrogens is 522 g/mol. The van der Waals surface area contributed by atoms with Crippen LogP contribution in [0.5, 0.6) is 0 Å². The molecule has 194 valence electrons. The highest BCUT2D eigenvalue weighted by Crippen LogP contribution is 2.22. The lowest BCUT2D eigenvalue weighted by Crippen LogP contribution is -2.48. The Morgan fingerprint density at radius 1 is 0.947 bits per heavy atom. The first-order chi connectivity index (χ1) is 18.5. The molecule has 0 aliphatic carbocycles. The highest BCUT2D eigenvalue weighted by Gasteiger charge is 2.22. The molecule has 1 aliphatic heterocycles. The standard InChI is InChI=1S/C27H26ClN7O2S/c1-19-5-9-24(10-6-19)35-27(30-31-32-35)38-18-25(36)29-22-7-11-23(12-8-22)33-13-15-34(16-14-33)26(37)20-3-2-4-21(28)17-20/h2-12,17H,13-16,18H2,1H3,(H,29,36). The van der Waals surface area contributed by atoms with Gasteiger partial charge < -0.3 is 15.1 Å². The number of carbonyl (C=O) groups excluding carboxylic acids is 2. The van der Waals surface area contributed by atoms with E-state index in [2.05, 4.69) is 25.7 Å². The Balaban J connectivity index is 1.11. The molecule has 0 unspecified atom stereocenters. The quantitative estimate of drug-likeness (QED) is 0.344. The molecule has 9 nitrogen and oxygen atoms in total. The van der Waals surface area contributed by atoms with E-state index in [9.17, 15) is 9.59 Å². The Bertz CT molecular complexity index is 1420. The van der Waals surface area contributed by atoms with E-state index >= 15 is 0 Å². The number of amides is 2. The van der Waals surface area contributed by atoms with Gasteiger partial charge in [0.25, 0.3) is 5.91 Å². The molecule has 0 radical (unpaired) electrons. The van der Waals surface area contributed by atoms with Crippen molar-refractivity contribution in [3.8, 4) is 5.69 Å². The van der Waals surface area contributed by atoms with Gasteiger partial charge in [-0.3, -0.25) is 9.59 Å². The fourth-order valence-electron chi connectivity index (χ4n) is 4.17. The zero-order valence-corrected chi connectivity index (χ0v) is 22.3. The first-order valence-corrected chi connectivity index (χ1v) is 13.5. The van der Waals surface area contributed by atoms with Gasteiger partial charge in [0, 0.05) is 48.1 Å². The maximum atomic E-state index is 12.8. The smallest absolute Gasteiger partial charge is 0.254 e. The molecule has 38 heavy (non-hydrogen) atoms. The van der Waals surface area contributed by atoms with Crippen molar-refractivity contribution < 1.29 is 9.59 Å². The van der Waals surface area contributed by atoms with Gasteiger partial charge in [-0.2, -0.15) is 4.68 Å². The molecule has 0 spiro atoms. The molecule has 1 saturated heterocycles. The Labute approximate surface area is 229 Å². The minimum absolute atomic E-state index is 0.00372. The Hall–Kier alpha value is -3.89. The van der Waals surface area contributed by atoms with Crippen LogP contribution < -0.4 is 10.2 Å². The van der Waals surface area contributed by atoms with Gasteiger partial charge in [0.05, 0.1) is 11.4 Å². The number of carbonyl (C=O) groups is 2. The largest absolute Gasteiger partial charge is 0.368 e. The number of benzene rings is 3. The number of rotatable bonds is 7. The fraction of sp³-hybridized carbons (Fsp3) is 0.222. The number of hydrogen-bond donors (Lipinski definition) is 1. The molecule has 2 amide bonds. The summed E-state index contributed by atoms with van der Waals surface area (Å²) in [5.74, 6) is 0.0293. The summed E-state index contributed by atoms with van der Waals surface area (Å²) in [7, 11) is 0. The van der Waals surface area contributed by atoms with E-state index in [-0.39, 0.29) is 17.6 Å². The molecule has 1 N–H and O–H groups in total. The van der Waals surface area contributed by atoms with Crippen LogP contribution in [0.1, 0.15) is 15.9 Å². The molecule has 2 heterocycles. The van der Waals surface area contributed by atoms with Crippen LogP contribution in [0.15, 0.2) is 78.0 Å². The van der Waals surface area contributed by atoms with E-state index in [0.29, 0.717) is 34.5 Å². The van der Waals surface area contributed by atoms with Gasteiger partial charge in [0.2, 0.25) is 11.1 Å². The average Bonchev–Trinajstić information content (AvgIpc) is 3.41. The Kier molecular flexibility index (Phi) is 7.90. The Morgan fingerprint density at radius 2 is 1.66 bits per heavy atom. The van der Waals surface area contributed by atoms with Gasteiger partial charge in [0.1, 0.15) is 0 Å². The van der Waals surface area contributed by atoms with E-state index in [0.717, 1.165) is 30.0 Å². The summed E-state index contributed by atoms with van der Waals surface area (Å²) < 4.78 is 1.62. The molecule has 11 heteroatoms. The number of piperazine rings is 1. The number of aryl methyl sites for hydroxylation is 1. The highest BCUT2D eigenvalue weighted by molar-refractivity contribution is 7.99. The van der Waals surface area contributed by atoms with Gasteiger partial charge in [-0.05, 0) is 71.9 Å². The molecule has 1 aromatic heterocycles. The summed E-state index contributed by atoms with van der Waals surface area (Å²) in [6.45, 7) is 4.73. The van der Waals surface area contributed by atoms with Crippen LogP contribution in [-0.2, 0) is 4.79 Å². The number of nitrogens with zero attached hydrogens (tertiary/aromatic N) is 6. The second kappa shape index (κ2) is 11.7. The number of nitrogens with one attached hydrogen (secondary N) is 1. The number of halogens is 1. The number of hydrogen-bond acceptors (Lipinski definition) is 7. The van der Waals surface area contributed by atoms with Crippen molar-refractivity contribution in [3.63, 3.8) is 0 Å². The van der Waals surface area contributed by atoms with Crippen molar-refractivity contribution in [2.24, 2.45) is 0 Å². The van der Waals surface area contributed by atoms with Crippen LogP contribution in [0.4, 0.5) is 11.4 Å². The molecule has 0 saturated carbocycles. The summed E-state index contributed by atoms with van der Waals surface area (Å²) in [4.78, 5) is 29.4. The summed E-state index contributed by atoms with van der Waals surface area (Å²) in [6.07, 6.45) is 0. The highest BCUT2D eigenvalue weighted by atomic mass is 35.5. The molecule has 5 rings (SSSR count).